The lowest BCUT2D eigenvalue weighted by atomic mass is 9.77. The van der Waals surface area contributed by atoms with Crippen molar-refractivity contribution in [2.24, 2.45) is 5.41 Å². The van der Waals surface area contributed by atoms with Crippen molar-refractivity contribution in [3.05, 3.63) is 21.9 Å². The van der Waals surface area contributed by atoms with Crippen molar-refractivity contribution >= 4 is 17.3 Å². The van der Waals surface area contributed by atoms with Crippen LogP contribution in [0, 0.1) is 5.41 Å². The zero-order valence-corrected chi connectivity index (χ0v) is 10.9. The van der Waals surface area contributed by atoms with Crippen molar-refractivity contribution in [1.29, 1.82) is 0 Å². The van der Waals surface area contributed by atoms with Crippen LogP contribution in [0.4, 0.5) is 0 Å². The number of thiophene rings is 1. The van der Waals surface area contributed by atoms with Gasteiger partial charge in [-0.25, -0.2) is 0 Å². The fourth-order valence-electron chi connectivity index (χ4n) is 2.27. The van der Waals surface area contributed by atoms with E-state index >= 15 is 0 Å². The number of carboxylic acids is 1. The zero-order valence-electron chi connectivity index (χ0n) is 10.1. The molecule has 0 unspecified atom stereocenters. The molecule has 2 rings (SSSR count). The van der Waals surface area contributed by atoms with Crippen LogP contribution >= 0.6 is 11.3 Å². The minimum Gasteiger partial charge on any atom is -0.481 e. The largest absolute Gasteiger partial charge is 0.481 e. The van der Waals surface area contributed by atoms with Crippen LogP contribution < -0.4 is 0 Å². The molecule has 0 atom stereocenters. The van der Waals surface area contributed by atoms with E-state index in [0.717, 1.165) is 6.42 Å². The maximum atomic E-state index is 11.5. The van der Waals surface area contributed by atoms with Gasteiger partial charge in [-0.05, 0) is 37.8 Å². The van der Waals surface area contributed by atoms with Crippen LogP contribution in [0.3, 0.4) is 0 Å². The number of carbonyl (C=O) groups is 1. The molecule has 0 amide bonds. The molecule has 0 aromatic carbocycles. The highest BCUT2D eigenvalue weighted by molar-refractivity contribution is 7.12. The molecule has 0 spiro atoms. The van der Waals surface area contributed by atoms with Crippen LogP contribution in [0.2, 0.25) is 0 Å². The Labute approximate surface area is 105 Å². The maximum absolute atomic E-state index is 11.5. The fourth-order valence-corrected chi connectivity index (χ4v) is 3.37. The number of rotatable bonds is 4. The smallest absolute Gasteiger partial charge is 0.310 e. The van der Waals surface area contributed by atoms with Gasteiger partial charge in [0, 0.05) is 23.0 Å². The lowest BCUT2D eigenvalue weighted by Gasteiger charge is -2.32. The number of ether oxygens (including phenoxy) is 1. The summed E-state index contributed by atoms with van der Waals surface area (Å²) in [4.78, 5) is 14.0. The van der Waals surface area contributed by atoms with Crippen LogP contribution in [-0.2, 0) is 22.4 Å². The summed E-state index contributed by atoms with van der Waals surface area (Å²) in [6.45, 7) is 3.26. The first-order chi connectivity index (χ1) is 8.16. The molecule has 1 saturated heterocycles. The molecular weight excluding hydrogens is 236 g/mol. The Kier molecular flexibility index (Phi) is 3.84. The molecule has 0 bridgehead atoms. The van der Waals surface area contributed by atoms with Gasteiger partial charge in [-0.1, -0.05) is 6.92 Å². The molecule has 1 N–H and O–H groups in total. The Bertz CT molecular complexity index is 391. The standard InChI is InChI=1S/C13H18O3S/c1-2-10-3-4-11(17-10)9-13(12(14)15)5-7-16-8-6-13/h3-4H,2,5-9H2,1H3,(H,14,15). The van der Waals surface area contributed by atoms with E-state index < -0.39 is 11.4 Å². The van der Waals surface area contributed by atoms with E-state index in [9.17, 15) is 9.90 Å². The third-order valence-corrected chi connectivity index (χ3v) is 4.71. The lowest BCUT2D eigenvalue weighted by Crippen LogP contribution is -2.38. The molecule has 1 aliphatic rings. The monoisotopic (exact) mass is 254 g/mol. The first kappa shape index (κ1) is 12.6. The summed E-state index contributed by atoms with van der Waals surface area (Å²) in [6, 6.07) is 4.18. The van der Waals surface area contributed by atoms with Gasteiger partial charge in [-0.3, -0.25) is 4.79 Å². The highest BCUT2D eigenvalue weighted by atomic mass is 32.1. The Balaban J connectivity index is 2.14. The molecule has 1 aromatic heterocycles. The van der Waals surface area contributed by atoms with Crippen LogP contribution in [0.25, 0.3) is 0 Å². The van der Waals surface area contributed by atoms with Crippen LogP contribution in [-0.4, -0.2) is 24.3 Å². The summed E-state index contributed by atoms with van der Waals surface area (Å²) in [7, 11) is 0. The molecule has 94 valence electrons. The predicted molar refractivity (Wildman–Crippen MR) is 67.5 cm³/mol. The van der Waals surface area contributed by atoms with Gasteiger partial charge in [0.1, 0.15) is 0 Å². The van der Waals surface area contributed by atoms with Gasteiger partial charge in [0.15, 0.2) is 0 Å². The molecule has 3 nitrogen and oxygen atoms in total. The van der Waals surface area contributed by atoms with E-state index in [2.05, 4.69) is 19.1 Å². The number of carboxylic acid groups (broad SMARTS) is 1. The lowest BCUT2D eigenvalue weighted by molar-refractivity contribution is -0.154. The van der Waals surface area contributed by atoms with Gasteiger partial charge in [0.25, 0.3) is 0 Å². The van der Waals surface area contributed by atoms with Crippen LogP contribution in [0.15, 0.2) is 12.1 Å². The highest BCUT2D eigenvalue weighted by Gasteiger charge is 2.40. The van der Waals surface area contributed by atoms with E-state index in [1.807, 2.05) is 0 Å². The van der Waals surface area contributed by atoms with Crippen molar-refractivity contribution in [2.45, 2.75) is 32.6 Å². The Morgan fingerprint density at radius 2 is 2.06 bits per heavy atom. The molecular formula is C13H18O3S. The number of hydrogen-bond acceptors (Lipinski definition) is 3. The Morgan fingerprint density at radius 3 is 2.59 bits per heavy atom. The molecule has 4 heteroatoms. The van der Waals surface area contributed by atoms with Gasteiger partial charge < -0.3 is 9.84 Å². The van der Waals surface area contributed by atoms with Gasteiger partial charge in [-0.2, -0.15) is 0 Å². The molecule has 1 aliphatic heterocycles. The van der Waals surface area contributed by atoms with Gasteiger partial charge in [-0.15, -0.1) is 11.3 Å². The molecule has 0 saturated carbocycles. The first-order valence-electron chi connectivity index (χ1n) is 6.05. The third kappa shape index (κ3) is 2.69. The van der Waals surface area contributed by atoms with Crippen molar-refractivity contribution in [1.82, 2.24) is 0 Å². The fraction of sp³-hybridized carbons (Fsp3) is 0.615. The third-order valence-electron chi connectivity index (χ3n) is 3.48. The van der Waals surface area contributed by atoms with E-state index in [1.54, 1.807) is 11.3 Å². The SMILES string of the molecule is CCc1ccc(CC2(C(=O)O)CCOCC2)s1. The topological polar surface area (TPSA) is 46.5 Å². The number of aliphatic carboxylic acids is 1. The second kappa shape index (κ2) is 5.19. The average molecular weight is 254 g/mol. The number of hydrogen-bond donors (Lipinski definition) is 1. The first-order valence-corrected chi connectivity index (χ1v) is 6.87. The summed E-state index contributed by atoms with van der Waals surface area (Å²) >= 11 is 1.74. The second-order valence-electron chi connectivity index (χ2n) is 4.60. The van der Waals surface area contributed by atoms with E-state index in [-0.39, 0.29) is 0 Å². The Hall–Kier alpha value is -0.870. The van der Waals surface area contributed by atoms with E-state index in [0.29, 0.717) is 32.5 Å². The maximum Gasteiger partial charge on any atom is 0.310 e. The van der Waals surface area contributed by atoms with Gasteiger partial charge in [0.05, 0.1) is 5.41 Å². The van der Waals surface area contributed by atoms with Gasteiger partial charge in [0.2, 0.25) is 0 Å². The summed E-state index contributed by atoms with van der Waals surface area (Å²) in [5.74, 6) is -0.674. The average Bonchev–Trinajstić information content (AvgIpc) is 2.77. The van der Waals surface area contributed by atoms with Crippen molar-refractivity contribution < 1.29 is 14.6 Å². The summed E-state index contributed by atoms with van der Waals surface area (Å²) in [6.07, 6.45) is 2.92. The molecule has 2 heterocycles. The van der Waals surface area contributed by atoms with Crippen LogP contribution in [0.5, 0.6) is 0 Å². The molecule has 0 radical (unpaired) electrons. The Morgan fingerprint density at radius 1 is 1.41 bits per heavy atom. The van der Waals surface area contributed by atoms with Crippen molar-refractivity contribution in [3.63, 3.8) is 0 Å². The summed E-state index contributed by atoms with van der Waals surface area (Å²) in [5.41, 5.74) is -0.603. The van der Waals surface area contributed by atoms with Crippen LogP contribution in [0.1, 0.15) is 29.5 Å². The summed E-state index contributed by atoms with van der Waals surface area (Å²) in [5, 5.41) is 9.46. The second-order valence-corrected chi connectivity index (χ2v) is 5.85. The van der Waals surface area contributed by atoms with Crippen molar-refractivity contribution in [2.75, 3.05) is 13.2 Å². The quantitative estimate of drug-likeness (QED) is 0.898. The molecule has 0 aliphatic carbocycles. The molecule has 1 fully saturated rings. The normalized spacial score (nSPS) is 19.1. The molecule has 1 aromatic rings. The zero-order chi connectivity index (χ0) is 12.3. The predicted octanol–water partition coefficient (Wildman–Crippen LogP) is 2.73. The highest BCUT2D eigenvalue weighted by Crippen LogP contribution is 2.36. The van der Waals surface area contributed by atoms with Crippen molar-refractivity contribution in [3.8, 4) is 0 Å². The van der Waals surface area contributed by atoms with Gasteiger partial charge >= 0.3 is 5.97 Å². The minimum atomic E-state index is -0.674. The molecule has 17 heavy (non-hydrogen) atoms. The van der Waals surface area contributed by atoms with E-state index in [4.69, 9.17) is 4.74 Å². The van der Waals surface area contributed by atoms with E-state index in [1.165, 1.54) is 9.75 Å². The number of aryl methyl sites for hydroxylation is 1. The minimum absolute atomic E-state index is 0.568. The summed E-state index contributed by atoms with van der Waals surface area (Å²) < 4.78 is 5.28.